The number of ether oxygens (including phenoxy) is 1. The number of anilines is 3. The van der Waals surface area contributed by atoms with Gasteiger partial charge >= 0.3 is 0 Å². The molecule has 0 saturated carbocycles. The Labute approximate surface area is 198 Å². The summed E-state index contributed by atoms with van der Waals surface area (Å²) in [5.41, 5.74) is 5.15. The van der Waals surface area contributed by atoms with Crippen molar-refractivity contribution in [3.8, 4) is 5.75 Å². The van der Waals surface area contributed by atoms with Crippen molar-refractivity contribution >= 4 is 28.6 Å². The summed E-state index contributed by atoms with van der Waals surface area (Å²) >= 11 is 0. The molecule has 9 nitrogen and oxygen atoms in total. The topological polar surface area (TPSA) is 96.7 Å². The summed E-state index contributed by atoms with van der Waals surface area (Å²) in [6.45, 7) is 1.39. The number of allylic oxidation sites excluding steroid dienone is 1. The van der Waals surface area contributed by atoms with E-state index in [1.165, 1.54) is 18.7 Å². The van der Waals surface area contributed by atoms with E-state index in [4.69, 9.17) is 4.74 Å². The summed E-state index contributed by atoms with van der Waals surface area (Å²) in [6.07, 6.45) is 4.69. The van der Waals surface area contributed by atoms with Crippen molar-refractivity contribution in [2.75, 3.05) is 51.6 Å². The molecule has 1 aromatic heterocycles. The quantitative estimate of drug-likeness (QED) is 0.376. The SMILES string of the molecule is COc1cc(N(C)CCN(C)C)c([N+](=O)[O-])cc1Nc1nccc(C2=CCc3ccccc32)n1. The number of fused-ring (bicyclic) bond motifs is 1. The monoisotopic (exact) mass is 460 g/mol. The number of methoxy groups -OCH3 is 1. The van der Waals surface area contributed by atoms with Crippen LogP contribution < -0.4 is 15.0 Å². The highest BCUT2D eigenvalue weighted by molar-refractivity contribution is 5.83. The van der Waals surface area contributed by atoms with Gasteiger partial charge in [0.1, 0.15) is 11.4 Å². The molecule has 0 amide bonds. The molecule has 34 heavy (non-hydrogen) atoms. The average molecular weight is 461 g/mol. The molecule has 0 unspecified atom stereocenters. The number of benzene rings is 2. The number of nitro groups is 1. The molecule has 0 aliphatic heterocycles. The van der Waals surface area contributed by atoms with Crippen LogP contribution in [0.4, 0.5) is 23.0 Å². The summed E-state index contributed by atoms with van der Waals surface area (Å²) in [4.78, 5) is 24.4. The zero-order chi connectivity index (χ0) is 24.2. The Morgan fingerprint density at radius 3 is 2.68 bits per heavy atom. The second-order valence-electron chi connectivity index (χ2n) is 8.39. The fourth-order valence-corrected chi connectivity index (χ4v) is 3.96. The summed E-state index contributed by atoms with van der Waals surface area (Å²) in [7, 11) is 7.29. The van der Waals surface area contributed by atoms with Crippen molar-refractivity contribution in [2.45, 2.75) is 6.42 Å². The third kappa shape index (κ3) is 4.84. The van der Waals surface area contributed by atoms with Gasteiger partial charge < -0.3 is 19.9 Å². The van der Waals surface area contributed by atoms with Gasteiger partial charge in [0.2, 0.25) is 5.95 Å². The molecule has 0 saturated heterocycles. The number of rotatable bonds is 9. The molecule has 3 aromatic rings. The van der Waals surface area contributed by atoms with Crippen molar-refractivity contribution in [1.29, 1.82) is 0 Å². The van der Waals surface area contributed by atoms with Crippen LogP contribution in [0.5, 0.6) is 5.75 Å². The lowest BCUT2D eigenvalue weighted by atomic mass is 10.0. The van der Waals surface area contributed by atoms with E-state index in [9.17, 15) is 10.1 Å². The van der Waals surface area contributed by atoms with Gasteiger partial charge in [-0.05, 0) is 37.7 Å². The first-order chi connectivity index (χ1) is 16.4. The van der Waals surface area contributed by atoms with Crippen LogP contribution in [0.3, 0.4) is 0 Å². The van der Waals surface area contributed by atoms with E-state index >= 15 is 0 Å². The van der Waals surface area contributed by atoms with Crippen LogP contribution in [0.1, 0.15) is 16.8 Å². The Hall–Kier alpha value is -3.98. The molecule has 1 aliphatic rings. The molecule has 2 aromatic carbocycles. The first-order valence-electron chi connectivity index (χ1n) is 11.0. The maximum atomic E-state index is 11.9. The Kier molecular flexibility index (Phi) is 6.74. The lowest BCUT2D eigenvalue weighted by molar-refractivity contribution is -0.384. The zero-order valence-electron chi connectivity index (χ0n) is 19.8. The first-order valence-corrected chi connectivity index (χ1v) is 11.0. The maximum absolute atomic E-state index is 11.9. The van der Waals surface area contributed by atoms with Gasteiger partial charge in [0.05, 0.1) is 23.4 Å². The zero-order valence-corrected chi connectivity index (χ0v) is 19.8. The number of nitrogens with zero attached hydrogens (tertiary/aromatic N) is 5. The Bertz CT molecular complexity index is 1240. The van der Waals surface area contributed by atoms with Crippen molar-refractivity contribution in [1.82, 2.24) is 14.9 Å². The molecule has 176 valence electrons. The van der Waals surface area contributed by atoms with Gasteiger partial charge in [-0.1, -0.05) is 30.3 Å². The highest BCUT2D eigenvalue weighted by Gasteiger charge is 2.23. The van der Waals surface area contributed by atoms with E-state index < -0.39 is 0 Å². The Morgan fingerprint density at radius 2 is 1.94 bits per heavy atom. The van der Waals surface area contributed by atoms with E-state index in [1.807, 2.05) is 49.1 Å². The van der Waals surface area contributed by atoms with Gasteiger partial charge in [0.25, 0.3) is 5.69 Å². The molecule has 0 fully saturated rings. The number of aromatic nitrogens is 2. The molecule has 1 heterocycles. The second kappa shape index (κ2) is 9.88. The second-order valence-corrected chi connectivity index (χ2v) is 8.39. The number of likely N-dealkylation sites (N-methyl/N-ethyl adjacent to an activating group) is 2. The van der Waals surface area contributed by atoms with E-state index in [2.05, 4.69) is 33.5 Å². The summed E-state index contributed by atoms with van der Waals surface area (Å²) in [5, 5.41) is 15.0. The van der Waals surface area contributed by atoms with Crippen LogP contribution in [0.2, 0.25) is 0 Å². The van der Waals surface area contributed by atoms with Crippen molar-refractivity contribution in [3.05, 3.63) is 81.7 Å². The molecule has 1 aliphatic carbocycles. The molecule has 0 radical (unpaired) electrons. The molecule has 0 bridgehead atoms. The van der Waals surface area contributed by atoms with Crippen molar-refractivity contribution in [2.24, 2.45) is 0 Å². The summed E-state index contributed by atoms with van der Waals surface area (Å²) < 4.78 is 5.56. The Morgan fingerprint density at radius 1 is 1.15 bits per heavy atom. The lowest BCUT2D eigenvalue weighted by Crippen LogP contribution is -2.28. The maximum Gasteiger partial charge on any atom is 0.294 e. The largest absolute Gasteiger partial charge is 0.494 e. The van der Waals surface area contributed by atoms with Crippen LogP contribution in [-0.4, -0.2) is 61.1 Å². The standard InChI is InChI=1S/C25H28N6O3/c1-29(2)13-14-30(3)22-16-24(34-4)21(15-23(22)31(32)33)28-25-26-12-11-20(27-25)19-10-9-17-7-5-6-8-18(17)19/h5-8,10-12,15-16H,9,13-14H2,1-4H3,(H,26,27,28). The summed E-state index contributed by atoms with van der Waals surface area (Å²) in [5.74, 6) is 0.806. The van der Waals surface area contributed by atoms with Crippen LogP contribution in [0.25, 0.3) is 5.57 Å². The van der Waals surface area contributed by atoms with Crippen molar-refractivity contribution < 1.29 is 9.66 Å². The molecule has 4 rings (SSSR count). The number of hydrogen-bond acceptors (Lipinski definition) is 8. The fraction of sp³-hybridized carbons (Fsp3) is 0.280. The molecule has 0 atom stereocenters. The van der Waals surface area contributed by atoms with E-state index in [-0.39, 0.29) is 10.6 Å². The minimum Gasteiger partial charge on any atom is -0.494 e. The molecular formula is C25H28N6O3. The van der Waals surface area contributed by atoms with Crippen LogP contribution in [-0.2, 0) is 6.42 Å². The third-order valence-electron chi connectivity index (χ3n) is 5.80. The van der Waals surface area contributed by atoms with Crippen LogP contribution >= 0.6 is 0 Å². The fourth-order valence-electron chi connectivity index (χ4n) is 3.96. The lowest BCUT2D eigenvalue weighted by Gasteiger charge is -2.22. The highest BCUT2D eigenvalue weighted by atomic mass is 16.6. The number of nitro benzene ring substituents is 1. The minimum absolute atomic E-state index is 0.0202. The predicted molar refractivity (Wildman–Crippen MR) is 134 cm³/mol. The number of nitrogens with one attached hydrogen (secondary N) is 1. The highest BCUT2D eigenvalue weighted by Crippen LogP contribution is 2.39. The van der Waals surface area contributed by atoms with Crippen LogP contribution in [0.15, 0.2) is 54.7 Å². The van der Waals surface area contributed by atoms with E-state index in [0.717, 1.165) is 29.8 Å². The predicted octanol–water partition coefficient (Wildman–Crippen LogP) is 4.12. The van der Waals surface area contributed by atoms with Gasteiger partial charge in [-0.15, -0.1) is 0 Å². The van der Waals surface area contributed by atoms with Gasteiger partial charge in [-0.2, -0.15) is 0 Å². The Balaban J connectivity index is 1.65. The van der Waals surface area contributed by atoms with E-state index in [0.29, 0.717) is 29.6 Å². The summed E-state index contributed by atoms with van der Waals surface area (Å²) in [6, 6.07) is 13.3. The van der Waals surface area contributed by atoms with Gasteiger partial charge in [0.15, 0.2) is 0 Å². The van der Waals surface area contributed by atoms with Gasteiger partial charge in [0, 0.05) is 44.0 Å². The molecule has 9 heteroatoms. The molecular weight excluding hydrogens is 432 g/mol. The molecule has 1 N–H and O–H groups in total. The first kappa shape index (κ1) is 23.2. The smallest absolute Gasteiger partial charge is 0.294 e. The minimum atomic E-state index is -0.385. The average Bonchev–Trinajstić information content (AvgIpc) is 3.26. The van der Waals surface area contributed by atoms with E-state index in [1.54, 1.807) is 12.3 Å². The number of hydrogen-bond donors (Lipinski definition) is 1. The molecule has 0 spiro atoms. The van der Waals surface area contributed by atoms with Crippen molar-refractivity contribution in [3.63, 3.8) is 0 Å². The van der Waals surface area contributed by atoms with Crippen LogP contribution in [0, 0.1) is 10.1 Å². The van der Waals surface area contributed by atoms with Gasteiger partial charge in [-0.3, -0.25) is 10.1 Å². The normalized spacial score (nSPS) is 12.3. The van der Waals surface area contributed by atoms with Gasteiger partial charge in [-0.25, -0.2) is 9.97 Å². The third-order valence-corrected chi connectivity index (χ3v) is 5.80.